The Bertz CT molecular complexity index is 483. The Morgan fingerprint density at radius 2 is 2.22 bits per heavy atom. The van der Waals surface area contributed by atoms with Crippen LogP contribution in [0, 0.1) is 5.92 Å². The topological polar surface area (TPSA) is 34.0 Å². The minimum absolute atomic E-state index is 0.778. The van der Waals surface area contributed by atoms with Gasteiger partial charge in [-0.25, -0.2) is 9.36 Å². The van der Waals surface area contributed by atoms with E-state index < -0.39 is 0 Å². The van der Waals surface area contributed by atoms with Crippen LogP contribution in [0.3, 0.4) is 0 Å². The third-order valence-corrected chi connectivity index (χ3v) is 4.29. The van der Waals surface area contributed by atoms with Crippen LogP contribution in [-0.4, -0.2) is 39.0 Å². The Hall–Kier alpha value is -1.20. The fourth-order valence-corrected chi connectivity index (χ4v) is 3.07. The number of aromatic nitrogens is 3. The molecule has 2 aromatic rings. The van der Waals surface area contributed by atoms with Crippen molar-refractivity contribution in [2.24, 2.45) is 5.92 Å². The van der Waals surface area contributed by atoms with Crippen LogP contribution in [0.1, 0.15) is 12.8 Å². The quantitative estimate of drug-likeness (QED) is 0.851. The van der Waals surface area contributed by atoms with Crippen molar-refractivity contribution in [3.8, 4) is 11.4 Å². The molecule has 1 aliphatic heterocycles. The number of hydrogen-bond acceptors (Lipinski definition) is 4. The van der Waals surface area contributed by atoms with E-state index in [0.29, 0.717) is 0 Å². The third kappa shape index (κ3) is 2.47. The molecule has 3 rings (SSSR count). The average Bonchev–Trinajstić information content (AvgIpc) is 3.02. The molecule has 96 valence electrons. The molecule has 0 aromatic carbocycles. The molecule has 0 aliphatic carbocycles. The van der Waals surface area contributed by atoms with Gasteiger partial charge in [-0.2, -0.15) is 0 Å². The van der Waals surface area contributed by atoms with E-state index in [9.17, 15) is 0 Å². The van der Waals surface area contributed by atoms with Crippen molar-refractivity contribution in [2.75, 3.05) is 20.1 Å². The van der Waals surface area contributed by atoms with E-state index in [1.807, 2.05) is 12.4 Å². The maximum absolute atomic E-state index is 4.46. The summed E-state index contributed by atoms with van der Waals surface area (Å²) in [5, 5.41) is 2.06. The maximum atomic E-state index is 4.46. The summed E-state index contributed by atoms with van der Waals surface area (Å²) in [6.45, 7) is 3.52. The van der Waals surface area contributed by atoms with Gasteiger partial charge in [0, 0.05) is 29.9 Å². The van der Waals surface area contributed by atoms with Crippen molar-refractivity contribution in [1.29, 1.82) is 0 Å². The highest BCUT2D eigenvalue weighted by atomic mass is 32.1. The molecule has 0 spiro atoms. The Balaban J connectivity index is 1.72. The average molecular weight is 262 g/mol. The van der Waals surface area contributed by atoms with Crippen LogP contribution in [0.4, 0.5) is 0 Å². The second kappa shape index (κ2) is 5.20. The van der Waals surface area contributed by atoms with Gasteiger partial charge in [0.05, 0.1) is 6.20 Å². The van der Waals surface area contributed by atoms with Gasteiger partial charge in [-0.3, -0.25) is 0 Å². The van der Waals surface area contributed by atoms with E-state index in [0.717, 1.165) is 23.9 Å². The summed E-state index contributed by atoms with van der Waals surface area (Å²) < 4.78 is 6.44. The molecule has 5 heteroatoms. The van der Waals surface area contributed by atoms with E-state index in [1.54, 1.807) is 0 Å². The van der Waals surface area contributed by atoms with Crippen LogP contribution < -0.4 is 0 Å². The molecular formula is C13H18N4S. The lowest BCUT2D eigenvalue weighted by Crippen LogP contribution is -2.31. The molecular weight excluding hydrogens is 244 g/mol. The van der Waals surface area contributed by atoms with E-state index in [1.165, 1.54) is 37.5 Å². The summed E-state index contributed by atoms with van der Waals surface area (Å²) in [5.74, 6) is 1.84. The first-order chi connectivity index (χ1) is 8.83. The van der Waals surface area contributed by atoms with E-state index in [4.69, 9.17) is 0 Å². The van der Waals surface area contributed by atoms with Crippen molar-refractivity contribution in [2.45, 2.75) is 19.4 Å². The summed E-state index contributed by atoms with van der Waals surface area (Å²) in [5.41, 5.74) is 1.14. The normalized spacial score (nSPS) is 18.3. The van der Waals surface area contributed by atoms with Crippen LogP contribution in [0.5, 0.6) is 0 Å². The van der Waals surface area contributed by atoms with Crippen LogP contribution >= 0.6 is 11.5 Å². The maximum Gasteiger partial charge on any atom is 0.142 e. The van der Waals surface area contributed by atoms with Crippen molar-refractivity contribution in [3.63, 3.8) is 0 Å². The predicted octanol–water partition coefficient (Wildman–Crippen LogP) is 2.35. The third-order valence-electron chi connectivity index (χ3n) is 3.70. The van der Waals surface area contributed by atoms with Crippen LogP contribution in [0.2, 0.25) is 0 Å². The number of nitrogens with zero attached hydrogens (tertiary/aromatic N) is 4. The molecule has 1 fully saturated rings. The summed E-state index contributed by atoms with van der Waals surface area (Å²) >= 11 is 1.48. The number of hydrogen-bond donors (Lipinski definition) is 0. The Labute approximate surface area is 111 Å². The van der Waals surface area contributed by atoms with Gasteiger partial charge < -0.3 is 9.47 Å². The van der Waals surface area contributed by atoms with Gasteiger partial charge in [0.25, 0.3) is 0 Å². The van der Waals surface area contributed by atoms with E-state index >= 15 is 0 Å². The highest BCUT2D eigenvalue weighted by molar-refractivity contribution is 7.03. The lowest BCUT2D eigenvalue weighted by Gasteiger charge is -2.29. The van der Waals surface area contributed by atoms with Gasteiger partial charge in [0.1, 0.15) is 5.82 Å². The molecule has 1 saturated heterocycles. The molecule has 0 amide bonds. The molecule has 2 aromatic heterocycles. The summed E-state index contributed by atoms with van der Waals surface area (Å²) in [6.07, 6.45) is 8.46. The van der Waals surface area contributed by atoms with Gasteiger partial charge in [0.2, 0.25) is 0 Å². The molecule has 4 nitrogen and oxygen atoms in total. The van der Waals surface area contributed by atoms with Crippen molar-refractivity contribution in [3.05, 3.63) is 24.0 Å². The van der Waals surface area contributed by atoms with Crippen molar-refractivity contribution >= 4 is 11.5 Å². The Kier molecular flexibility index (Phi) is 3.43. The van der Waals surface area contributed by atoms with Gasteiger partial charge in [-0.15, -0.1) is 0 Å². The van der Waals surface area contributed by atoms with Gasteiger partial charge in [-0.05, 0) is 50.4 Å². The smallest absolute Gasteiger partial charge is 0.142 e. The van der Waals surface area contributed by atoms with Gasteiger partial charge in [-0.1, -0.05) is 0 Å². The highest BCUT2D eigenvalue weighted by Gasteiger charge is 2.18. The first kappa shape index (κ1) is 11.9. The minimum atomic E-state index is 0.778. The second-order valence-corrected chi connectivity index (χ2v) is 5.72. The van der Waals surface area contributed by atoms with Crippen LogP contribution in [0.25, 0.3) is 11.4 Å². The molecule has 18 heavy (non-hydrogen) atoms. The fourth-order valence-electron chi connectivity index (χ4n) is 2.55. The number of imidazole rings is 1. The molecule has 0 radical (unpaired) electrons. The zero-order valence-corrected chi connectivity index (χ0v) is 11.4. The van der Waals surface area contributed by atoms with Crippen molar-refractivity contribution in [1.82, 2.24) is 18.8 Å². The van der Waals surface area contributed by atoms with E-state index in [2.05, 4.69) is 37.4 Å². The highest BCUT2D eigenvalue weighted by Crippen LogP contribution is 2.23. The molecule has 0 bridgehead atoms. The first-order valence-electron chi connectivity index (χ1n) is 6.42. The minimum Gasteiger partial charge on any atom is -0.331 e. The monoisotopic (exact) mass is 262 g/mol. The lowest BCUT2D eigenvalue weighted by atomic mass is 9.97. The molecule has 3 heterocycles. The first-order valence-corrected chi connectivity index (χ1v) is 7.26. The Morgan fingerprint density at radius 3 is 2.94 bits per heavy atom. The van der Waals surface area contributed by atoms with Crippen LogP contribution in [-0.2, 0) is 6.54 Å². The Morgan fingerprint density at radius 1 is 1.39 bits per heavy atom. The molecule has 0 atom stereocenters. The molecule has 0 unspecified atom stereocenters. The summed E-state index contributed by atoms with van der Waals surface area (Å²) in [4.78, 5) is 6.87. The largest absolute Gasteiger partial charge is 0.331 e. The number of rotatable bonds is 3. The zero-order valence-electron chi connectivity index (χ0n) is 10.6. The zero-order chi connectivity index (χ0) is 12.4. The number of piperidine rings is 1. The van der Waals surface area contributed by atoms with E-state index in [-0.39, 0.29) is 0 Å². The molecule has 1 aliphatic rings. The fraction of sp³-hybridized carbons (Fsp3) is 0.538. The molecule has 0 saturated carbocycles. The van der Waals surface area contributed by atoms with Gasteiger partial charge in [0.15, 0.2) is 0 Å². The van der Waals surface area contributed by atoms with Crippen LogP contribution in [0.15, 0.2) is 24.0 Å². The standard InChI is InChI=1S/C13H18N4S/c1-16-5-2-11(3-6-16)9-17-7-4-14-13(17)12-8-15-18-10-12/h4,7-8,10-11H,2-3,5-6,9H2,1H3. The predicted molar refractivity (Wildman–Crippen MR) is 73.6 cm³/mol. The number of likely N-dealkylation sites (tertiary alicyclic amines) is 1. The molecule has 0 N–H and O–H groups in total. The SMILES string of the molecule is CN1CCC(Cn2ccnc2-c2cnsc2)CC1. The van der Waals surface area contributed by atoms with Crippen molar-refractivity contribution < 1.29 is 0 Å². The summed E-state index contributed by atoms with van der Waals surface area (Å²) in [6, 6.07) is 0. The van der Waals surface area contributed by atoms with Gasteiger partial charge >= 0.3 is 0 Å². The lowest BCUT2D eigenvalue weighted by molar-refractivity contribution is 0.205. The second-order valence-electron chi connectivity index (χ2n) is 5.06. The summed E-state index contributed by atoms with van der Waals surface area (Å²) in [7, 11) is 2.20.